The highest BCUT2D eigenvalue weighted by Gasteiger charge is 2.32. The normalized spacial score (nSPS) is 16.1. The Morgan fingerprint density at radius 1 is 1.25 bits per heavy atom. The lowest BCUT2D eigenvalue weighted by Crippen LogP contribution is -2.44. The van der Waals surface area contributed by atoms with Gasteiger partial charge in [0.2, 0.25) is 11.8 Å². The van der Waals surface area contributed by atoms with Crippen LogP contribution in [0.5, 0.6) is 5.88 Å². The number of rotatable bonds is 4. The standard InChI is InChI=1S/C18H17F3N4O3/c1-10(26)23-8-13-9-25(12-4-2-11(3-5-12)18(19,20)21)15-7-6-14(16(22)27)24-17(15)28-13/h2-7,13H,8-9H2,1H3,(H2,22,27)(H,23,26)/t13-/m1/s1. The van der Waals surface area contributed by atoms with Crippen LogP contribution in [0, 0.1) is 0 Å². The highest BCUT2D eigenvalue weighted by molar-refractivity contribution is 5.91. The maximum absolute atomic E-state index is 12.8. The third kappa shape index (κ3) is 4.16. The van der Waals surface area contributed by atoms with Crippen LogP contribution >= 0.6 is 0 Å². The van der Waals surface area contributed by atoms with E-state index in [4.69, 9.17) is 10.5 Å². The Morgan fingerprint density at radius 3 is 2.50 bits per heavy atom. The van der Waals surface area contributed by atoms with Crippen molar-refractivity contribution in [3.05, 3.63) is 47.7 Å². The Balaban J connectivity index is 1.97. The summed E-state index contributed by atoms with van der Waals surface area (Å²) in [4.78, 5) is 28.4. The van der Waals surface area contributed by atoms with Crippen LogP contribution in [0.4, 0.5) is 24.5 Å². The fourth-order valence-corrected chi connectivity index (χ4v) is 2.80. The van der Waals surface area contributed by atoms with Gasteiger partial charge < -0.3 is 20.7 Å². The first-order chi connectivity index (χ1) is 13.1. The number of nitrogens with zero attached hydrogens (tertiary/aromatic N) is 2. The van der Waals surface area contributed by atoms with Crippen molar-refractivity contribution in [2.75, 3.05) is 18.0 Å². The maximum Gasteiger partial charge on any atom is 0.416 e. The van der Waals surface area contributed by atoms with Gasteiger partial charge in [-0.05, 0) is 36.4 Å². The zero-order valence-electron chi connectivity index (χ0n) is 14.8. The monoisotopic (exact) mass is 394 g/mol. The number of nitrogens with one attached hydrogen (secondary N) is 1. The molecule has 0 unspecified atom stereocenters. The number of halogens is 3. The average Bonchev–Trinajstić information content (AvgIpc) is 2.64. The van der Waals surface area contributed by atoms with Gasteiger partial charge in [0.05, 0.1) is 18.7 Å². The smallest absolute Gasteiger partial charge is 0.416 e. The molecule has 1 aliphatic rings. The number of primary amides is 1. The summed E-state index contributed by atoms with van der Waals surface area (Å²) in [7, 11) is 0. The molecule has 0 saturated carbocycles. The van der Waals surface area contributed by atoms with E-state index in [2.05, 4.69) is 10.3 Å². The second kappa shape index (κ2) is 7.37. The summed E-state index contributed by atoms with van der Waals surface area (Å²) >= 11 is 0. The van der Waals surface area contributed by atoms with Crippen molar-refractivity contribution in [1.29, 1.82) is 0 Å². The van der Waals surface area contributed by atoms with Gasteiger partial charge in [-0.25, -0.2) is 4.98 Å². The van der Waals surface area contributed by atoms with E-state index < -0.39 is 23.8 Å². The molecule has 0 radical (unpaired) electrons. The second-order valence-corrected chi connectivity index (χ2v) is 6.22. The van der Waals surface area contributed by atoms with Crippen LogP contribution in [-0.2, 0) is 11.0 Å². The number of ether oxygens (including phenoxy) is 1. The number of carbonyl (C=O) groups excluding carboxylic acids is 2. The fraction of sp³-hybridized carbons (Fsp3) is 0.278. The van der Waals surface area contributed by atoms with E-state index in [1.807, 2.05) is 0 Å². The molecule has 0 spiro atoms. The molecule has 7 nitrogen and oxygen atoms in total. The van der Waals surface area contributed by atoms with Crippen molar-refractivity contribution in [3.63, 3.8) is 0 Å². The summed E-state index contributed by atoms with van der Waals surface area (Å²) in [6.07, 6.45) is -4.97. The Morgan fingerprint density at radius 2 is 1.93 bits per heavy atom. The van der Waals surface area contributed by atoms with Gasteiger partial charge in [-0.1, -0.05) is 0 Å². The van der Waals surface area contributed by atoms with Gasteiger partial charge in [0, 0.05) is 12.6 Å². The summed E-state index contributed by atoms with van der Waals surface area (Å²) in [5.74, 6) is -0.886. The number of nitrogens with two attached hydrogens (primary N) is 1. The minimum atomic E-state index is -4.44. The molecule has 0 saturated heterocycles. The third-order valence-electron chi connectivity index (χ3n) is 4.13. The highest BCUT2D eigenvalue weighted by Crippen LogP contribution is 2.38. The van der Waals surface area contributed by atoms with Crippen LogP contribution in [-0.4, -0.2) is 36.0 Å². The van der Waals surface area contributed by atoms with E-state index in [1.54, 1.807) is 11.0 Å². The molecule has 2 heterocycles. The molecule has 2 aromatic rings. The molecule has 1 aromatic carbocycles. The molecule has 3 N–H and O–H groups in total. The van der Waals surface area contributed by atoms with Crippen LogP contribution in [0.1, 0.15) is 23.0 Å². The fourth-order valence-electron chi connectivity index (χ4n) is 2.80. The summed E-state index contributed by atoms with van der Waals surface area (Å²) in [6, 6.07) is 7.63. The van der Waals surface area contributed by atoms with Gasteiger partial charge in [0.15, 0.2) is 0 Å². The molecule has 0 aliphatic carbocycles. The van der Waals surface area contributed by atoms with Crippen molar-refractivity contribution < 1.29 is 27.5 Å². The second-order valence-electron chi connectivity index (χ2n) is 6.22. The van der Waals surface area contributed by atoms with E-state index in [0.717, 1.165) is 12.1 Å². The number of aromatic nitrogens is 1. The van der Waals surface area contributed by atoms with Crippen molar-refractivity contribution in [2.45, 2.75) is 19.2 Å². The Hall–Kier alpha value is -3.30. The molecule has 10 heteroatoms. The molecule has 0 bridgehead atoms. The minimum Gasteiger partial charge on any atom is -0.469 e. The van der Waals surface area contributed by atoms with Crippen molar-refractivity contribution in [1.82, 2.24) is 10.3 Å². The minimum absolute atomic E-state index is 0.00806. The predicted molar refractivity (Wildman–Crippen MR) is 94.3 cm³/mol. The zero-order chi connectivity index (χ0) is 20.5. The number of pyridine rings is 1. The first kappa shape index (κ1) is 19.5. The van der Waals surface area contributed by atoms with Crippen molar-refractivity contribution >= 4 is 23.2 Å². The van der Waals surface area contributed by atoms with Gasteiger partial charge in [0.1, 0.15) is 17.5 Å². The van der Waals surface area contributed by atoms with E-state index in [9.17, 15) is 22.8 Å². The molecule has 0 fully saturated rings. The Bertz CT molecular complexity index is 900. The number of fused-ring (bicyclic) bond motifs is 1. The van der Waals surface area contributed by atoms with Gasteiger partial charge in [0.25, 0.3) is 5.91 Å². The summed E-state index contributed by atoms with van der Waals surface area (Å²) in [6.45, 7) is 1.78. The van der Waals surface area contributed by atoms with Crippen LogP contribution in [0.3, 0.4) is 0 Å². The number of hydrogen-bond donors (Lipinski definition) is 2. The SMILES string of the molecule is CC(=O)NC[C@@H]1CN(c2ccc(C(F)(F)F)cc2)c2ccc(C(N)=O)nc2O1. The molecular formula is C18H17F3N4O3. The van der Waals surface area contributed by atoms with E-state index in [-0.39, 0.29) is 30.6 Å². The van der Waals surface area contributed by atoms with Gasteiger partial charge in [-0.15, -0.1) is 0 Å². The summed E-state index contributed by atoms with van der Waals surface area (Å²) in [5, 5.41) is 2.63. The first-order valence-corrected chi connectivity index (χ1v) is 8.32. The molecular weight excluding hydrogens is 377 g/mol. The third-order valence-corrected chi connectivity index (χ3v) is 4.13. The largest absolute Gasteiger partial charge is 0.469 e. The van der Waals surface area contributed by atoms with Crippen LogP contribution in [0.15, 0.2) is 36.4 Å². The lowest BCUT2D eigenvalue weighted by atomic mass is 10.1. The summed E-state index contributed by atoms with van der Waals surface area (Å²) < 4.78 is 44.2. The van der Waals surface area contributed by atoms with E-state index in [0.29, 0.717) is 11.4 Å². The molecule has 28 heavy (non-hydrogen) atoms. The number of benzene rings is 1. The number of hydrogen-bond acceptors (Lipinski definition) is 5. The number of amides is 2. The molecule has 1 aliphatic heterocycles. The zero-order valence-corrected chi connectivity index (χ0v) is 14.8. The van der Waals surface area contributed by atoms with Gasteiger partial charge >= 0.3 is 6.18 Å². The Labute approximate surface area is 158 Å². The molecule has 2 amide bonds. The van der Waals surface area contributed by atoms with Gasteiger partial charge in [-0.3, -0.25) is 9.59 Å². The highest BCUT2D eigenvalue weighted by atomic mass is 19.4. The predicted octanol–water partition coefficient (Wildman–Crippen LogP) is 2.23. The van der Waals surface area contributed by atoms with Crippen molar-refractivity contribution in [2.24, 2.45) is 5.73 Å². The quantitative estimate of drug-likeness (QED) is 0.829. The lowest BCUT2D eigenvalue weighted by molar-refractivity contribution is -0.137. The Kier molecular flexibility index (Phi) is 5.12. The molecule has 3 rings (SSSR count). The topological polar surface area (TPSA) is 97.6 Å². The average molecular weight is 394 g/mol. The molecule has 148 valence electrons. The maximum atomic E-state index is 12.8. The van der Waals surface area contributed by atoms with Gasteiger partial charge in [-0.2, -0.15) is 13.2 Å². The molecule has 1 atom stereocenters. The van der Waals surface area contributed by atoms with Crippen LogP contribution in [0.25, 0.3) is 0 Å². The first-order valence-electron chi connectivity index (χ1n) is 8.32. The van der Waals surface area contributed by atoms with E-state index in [1.165, 1.54) is 25.1 Å². The van der Waals surface area contributed by atoms with E-state index >= 15 is 0 Å². The molecule has 1 aromatic heterocycles. The lowest BCUT2D eigenvalue weighted by Gasteiger charge is -2.35. The van der Waals surface area contributed by atoms with Crippen molar-refractivity contribution in [3.8, 4) is 5.88 Å². The number of alkyl halides is 3. The summed E-state index contributed by atoms with van der Waals surface area (Å²) in [5.41, 5.74) is 5.44. The van der Waals surface area contributed by atoms with Crippen LogP contribution < -0.4 is 20.7 Å². The number of anilines is 2. The van der Waals surface area contributed by atoms with Crippen LogP contribution in [0.2, 0.25) is 0 Å². The number of carbonyl (C=O) groups is 2.